The van der Waals surface area contributed by atoms with Gasteiger partial charge in [0.25, 0.3) is 0 Å². The SMILES string of the molecule is Cc1cc(/C=C/C#N)cc(C)c1Nc1nc(Nc2ccc(C#N)cc2)ncc1C(O)C(C)C. The van der Waals surface area contributed by atoms with Crippen molar-refractivity contribution in [1.82, 2.24) is 9.97 Å². The second-order valence-electron chi connectivity index (χ2n) is 8.12. The van der Waals surface area contributed by atoms with E-state index in [1.807, 2.05) is 45.9 Å². The van der Waals surface area contributed by atoms with E-state index in [1.165, 1.54) is 6.08 Å². The molecule has 1 aromatic heterocycles. The molecule has 2 aromatic carbocycles. The Balaban J connectivity index is 1.99. The predicted molar refractivity (Wildman–Crippen MR) is 130 cm³/mol. The molecule has 0 spiro atoms. The minimum Gasteiger partial charge on any atom is -0.388 e. The number of hydrogen-bond donors (Lipinski definition) is 3. The van der Waals surface area contributed by atoms with Crippen LogP contribution in [0.4, 0.5) is 23.1 Å². The van der Waals surface area contributed by atoms with Crippen LogP contribution in [0.15, 0.2) is 48.7 Å². The van der Waals surface area contributed by atoms with Crippen LogP contribution < -0.4 is 10.6 Å². The molecule has 7 nitrogen and oxygen atoms in total. The molecule has 1 atom stereocenters. The second-order valence-corrected chi connectivity index (χ2v) is 8.12. The fourth-order valence-corrected chi connectivity index (χ4v) is 3.43. The third-order valence-electron chi connectivity index (χ3n) is 5.19. The van der Waals surface area contributed by atoms with Gasteiger partial charge in [0.05, 0.1) is 23.8 Å². The number of nitriles is 2. The highest BCUT2D eigenvalue weighted by molar-refractivity contribution is 5.71. The number of benzene rings is 2. The van der Waals surface area contributed by atoms with Gasteiger partial charge in [-0.1, -0.05) is 13.8 Å². The minimum absolute atomic E-state index is 0.0211. The maximum atomic E-state index is 10.8. The van der Waals surface area contributed by atoms with Gasteiger partial charge in [0.1, 0.15) is 5.82 Å². The molecule has 0 radical (unpaired) electrons. The number of aliphatic hydroxyl groups is 1. The molecule has 1 heterocycles. The summed E-state index contributed by atoms with van der Waals surface area (Å²) in [6, 6.07) is 15.1. The van der Waals surface area contributed by atoms with Crippen LogP contribution in [-0.4, -0.2) is 15.1 Å². The van der Waals surface area contributed by atoms with Gasteiger partial charge in [0.15, 0.2) is 0 Å². The number of anilines is 4. The molecule has 33 heavy (non-hydrogen) atoms. The predicted octanol–water partition coefficient (Wildman–Crippen LogP) is 5.68. The molecule has 0 aliphatic heterocycles. The number of nitrogens with zero attached hydrogens (tertiary/aromatic N) is 4. The quantitative estimate of drug-likeness (QED) is 0.406. The number of nitrogens with one attached hydrogen (secondary N) is 2. The number of aromatic nitrogens is 2. The first-order valence-corrected chi connectivity index (χ1v) is 10.6. The normalized spacial score (nSPS) is 11.8. The van der Waals surface area contributed by atoms with Gasteiger partial charge in [-0.3, -0.25) is 0 Å². The molecule has 7 heteroatoms. The largest absolute Gasteiger partial charge is 0.388 e. The topological polar surface area (TPSA) is 118 Å². The monoisotopic (exact) mass is 438 g/mol. The molecule has 3 aromatic rings. The standard InChI is InChI=1S/C26H26N6O/c1-16(2)24(33)22-15-29-26(30-21-9-7-19(14-28)8-10-21)32-25(22)31-23-17(3)12-20(6-5-11-27)13-18(23)4/h5-10,12-13,15-16,24,33H,1-4H3,(H2,29,30,31,32)/b6-5+. The molecular weight excluding hydrogens is 412 g/mol. The summed E-state index contributed by atoms with van der Waals surface area (Å²) >= 11 is 0. The average Bonchev–Trinajstić information content (AvgIpc) is 2.80. The van der Waals surface area contributed by atoms with E-state index in [0.29, 0.717) is 22.9 Å². The van der Waals surface area contributed by atoms with Gasteiger partial charge in [-0.15, -0.1) is 0 Å². The number of rotatable bonds is 7. The van der Waals surface area contributed by atoms with Crippen LogP contribution in [0.3, 0.4) is 0 Å². The van der Waals surface area contributed by atoms with Crippen LogP contribution in [0, 0.1) is 42.4 Å². The van der Waals surface area contributed by atoms with Crippen molar-refractivity contribution >= 4 is 29.2 Å². The zero-order chi connectivity index (χ0) is 24.0. The summed E-state index contributed by atoms with van der Waals surface area (Å²) in [5.74, 6) is 0.854. The minimum atomic E-state index is -0.741. The molecule has 0 bridgehead atoms. The summed E-state index contributed by atoms with van der Waals surface area (Å²) in [6.07, 6.45) is 4.10. The van der Waals surface area contributed by atoms with E-state index in [-0.39, 0.29) is 5.92 Å². The van der Waals surface area contributed by atoms with Crippen molar-refractivity contribution in [3.8, 4) is 12.1 Å². The Bertz CT molecular complexity index is 1230. The third kappa shape index (κ3) is 5.74. The van der Waals surface area contributed by atoms with E-state index in [0.717, 1.165) is 28.1 Å². The molecule has 0 saturated heterocycles. The van der Waals surface area contributed by atoms with E-state index in [4.69, 9.17) is 10.5 Å². The maximum Gasteiger partial charge on any atom is 0.229 e. The second kappa shape index (κ2) is 10.4. The van der Waals surface area contributed by atoms with Crippen LogP contribution in [-0.2, 0) is 0 Å². The fraction of sp³-hybridized carbons (Fsp3) is 0.231. The Labute approximate surface area is 194 Å². The first-order valence-electron chi connectivity index (χ1n) is 10.6. The number of allylic oxidation sites excluding steroid dienone is 1. The summed E-state index contributed by atoms with van der Waals surface area (Å²) in [5.41, 5.74) is 5.70. The van der Waals surface area contributed by atoms with Crippen molar-refractivity contribution in [3.63, 3.8) is 0 Å². The van der Waals surface area contributed by atoms with Crippen LogP contribution in [0.25, 0.3) is 6.08 Å². The third-order valence-corrected chi connectivity index (χ3v) is 5.19. The maximum absolute atomic E-state index is 10.8. The van der Waals surface area contributed by atoms with Gasteiger partial charge in [-0.05, 0) is 78.9 Å². The molecule has 3 rings (SSSR count). The summed E-state index contributed by atoms with van der Waals surface area (Å²) in [7, 11) is 0. The number of aliphatic hydroxyl groups excluding tert-OH is 1. The van der Waals surface area contributed by atoms with E-state index in [9.17, 15) is 5.11 Å². The summed E-state index contributed by atoms with van der Waals surface area (Å²) in [4.78, 5) is 9.04. The average molecular weight is 439 g/mol. The summed E-state index contributed by atoms with van der Waals surface area (Å²) in [5, 5.41) is 35.1. The highest BCUT2D eigenvalue weighted by atomic mass is 16.3. The van der Waals surface area contributed by atoms with Crippen molar-refractivity contribution in [1.29, 1.82) is 10.5 Å². The molecule has 0 fully saturated rings. The van der Waals surface area contributed by atoms with Gasteiger partial charge in [0, 0.05) is 29.2 Å². The zero-order valence-corrected chi connectivity index (χ0v) is 19.1. The van der Waals surface area contributed by atoms with Gasteiger partial charge in [-0.2, -0.15) is 15.5 Å². The first kappa shape index (κ1) is 23.5. The fourth-order valence-electron chi connectivity index (χ4n) is 3.43. The molecular formula is C26H26N6O. The Morgan fingerprint density at radius 3 is 2.27 bits per heavy atom. The lowest BCUT2D eigenvalue weighted by Gasteiger charge is -2.21. The molecule has 0 aliphatic rings. The lowest BCUT2D eigenvalue weighted by Crippen LogP contribution is -2.12. The molecule has 1 unspecified atom stereocenters. The number of hydrogen-bond acceptors (Lipinski definition) is 7. The Morgan fingerprint density at radius 1 is 1.03 bits per heavy atom. The van der Waals surface area contributed by atoms with Gasteiger partial charge >= 0.3 is 0 Å². The Hall–Kier alpha value is -4.20. The Morgan fingerprint density at radius 2 is 1.70 bits per heavy atom. The molecule has 0 aliphatic carbocycles. The van der Waals surface area contributed by atoms with E-state index in [1.54, 1.807) is 36.5 Å². The van der Waals surface area contributed by atoms with Gasteiger partial charge in [0.2, 0.25) is 5.95 Å². The molecule has 3 N–H and O–H groups in total. The van der Waals surface area contributed by atoms with E-state index in [2.05, 4.69) is 26.7 Å². The van der Waals surface area contributed by atoms with Crippen LogP contribution >= 0.6 is 0 Å². The zero-order valence-electron chi connectivity index (χ0n) is 19.1. The van der Waals surface area contributed by atoms with Crippen molar-refractivity contribution in [2.75, 3.05) is 10.6 Å². The molecule has 0 saturated carbocycles. The highest BCUT2D eigenvalue weighted by Crippen LogP contribution is 2.32. The highest BCUT2D eigenvalue weighted by Gasteiger charge is 2.20. The van der Waals surface area contributed by atoms with Crippen molar-refractivity contribution in [3.05, 3.63) is 76.5 Å². The van der Waals surface area contributed by atoms with E-state index >= 15 is 0 Å². The van der Waals surface area contributed by atoms with Crippen LogP contribution in [0.5, 0.6) is 0 Å². The van der Waals surface area contributed by atoms with Gasteiger partial charge < -0.3 is 15.7 Å². The molecule has 166 valence electrons. The lowest BCUT2D eigenvalue weighted by molar-refractivity contribution is 0.127. The van der Waals surface area contributed by atoms with Crippen LogP contribution in [0.1, 0.15) is 47.8 Å². The lowest BCUT2D eigenvalue weighted by atomic mass is 10.00. The van der Waals surface area contributed by atoms with Crippen molar-refractivity contribution < 1.29 is 5.11 Å². The van der Waals surface area contributed by atoms with Crippen molar-refractivity contribution in [2.24, 2.45) is 5.92 Å². The van der Waals surface area contributed by atoms with Gasteiger partial charge in [-0.25, -0.2) is 4.98 Å². The summed E-state index contributed by atoms with van der Waals surface area (Å²) in [6.45, 7) is 7.83. The van der Waals surface area contributed by atoms with Crippen LogP contribution in [0.2, 0.25) is 0 Å². The van der Waals surface area contributed by atoms with E-state index < -0.39 is 6.10 Å². The van der Waals surface area contributed by atoms with Crippen molar-refractivity contribution in [2.45, 2.75) is 33.8 Å². The summed E-state index contributed by atoms with van der Waals surface area (Å²) < 4.78 is 0. The first-order chi connectivity index (χ1) is 15.8. The smallest absolute Gasteiger partial charge is 0.229 e. The number of aryl methyl sites for hydroxylation is 2. The molecule has 0 amide bonds. The Kier molecular flexibility index (Phi) is 7.40.